The number of benzene rings is 1. The van der Waals surface area contributed by atoms with Crippen LogP contribution in [0.1, 0.15) is 31.5 Å². The molecule has 3 heterocycles. The molecule has 142 valence electrons. The highest BCUT2D eigenvalue weighted by Crippen LogP contribution is 2.30. The number of halogens is 2. The third-order valence-corrected chi connectivity index (χ3v) is 5.07. The van der Waals surface area contributed by atoms with Gasteiger partial charge in [-0.3, -0.25) is 9.89 Å². The van der Waals surface area contributed by atoms with Crippen LogP contribution in [0.5, 0.6) is 0 Å². The molecule has 0 unspecified atom stereocenters. The largest absolute Gasteiger partial charge is 0.382 e. The van der Waals surface area contributed by atoms with Crippen LogP contribution in [0.15, 0.2) is 23.4 Å². The molecule has 2 aliphatic heterocycles. The molecule has 0 spiro atoms. The lowest BCUT2D eigenvalue weighted by Crippen LogP contribution is -2.42. The molecule has 1 amide bonds. The first-order valence-electron chi connectivity index (χ1n) is 8.97. The van der Waals surface area contributed by atoms with Crippen LogP contribution in [0.25, 0.3) is 11.3 Å². The normalized spacial score (nSPS) is 19.1. The minimum absolute atomic E-state index is 0.113. The smallest absolute Gasteiger partial charge is 0.267 e. The lowest BCUT2D eigenvalue weighted by Gasteiger charge is -2.28. The quantitative estimate of drug-likeness (QED) is 0.898. The number of H-pyrrole nitrogens is 1. The molecule has 4 rings (SSSR count). The molecule has 1 atom stereocenters. The van der Waals surface area contributed by atoms with Gasteiger partial charge in [0.15, 0.2) is 11.6 Å². The predicted octanol–water partition coefficient (Wildman–Crippen LogP) is 3.04. The number of aromatic nitrogens is 2. The molecule has 1 N–H and O–H groups in total. The fourth-order valence-electron chi connectivity index (χ4n) is 3.44. The van der Waals surface area contributed by atoms with Gasteiger partial charge in [0, 0.05) is 42.8 Å². The van der Waals surface area contributed by atoms with E-state index in [1.54, 1.807) is 4.90 Å². The van der Waals surface area contributed by atoms with Crippen molar-refractivity contribution in [1.29, 1.82) is 0 Å². The van der Waals surface area contributed by atoms with E-state index in [2.05, 4.69) is 15.4 Å². The van der Waals surface area contributed by atoms with Crippen molar-refractivity contribution in [1.82, 2.24) is 15.1 Å². The Balaban J connectivity index is 1.54. The Labute approximate surface area is 155 Å². The Morgan fingerprint density at radius 1 is 1.33 bits per heavy atom. The fraction of sp³-hybridized carbons (Fsp3) is 0.421. The molecule has 0 bridgehead atoms. The molecule has 0 fully saturated rings. The van der Waals surface area contributed by atoms with Gasteiger partial charge < -0.3 is 9.74 Å². The Bertz CT molecular complexity index is 922. The van der Waals surface area contributed by atoms with Crippen molar-refractivity contribution < 1.29 is 18.4 Å². The number of aromatic amines is 1. The van der Waals surface area contributed by atoms with Gasteiger partial charge in [0.1, 0.15) is 0 Å². The summed E-state index contributed by atoms with van der Waals surface area (Å²) in [6.07, 6.45) is 0.520. The van der Waals surface area contributed by atoms with Gasteiger partial charge in [-0.1, -0.05) is 19.0 Å². The second-order valence-corrected chi connectivity index (χ2v) is 7.20. The fourth-order valence-corrected chi connectivity index (χ4v) is 3.44. The first-order valence-corrected chi connectivity index (χ1v) is 8.97. The van der Waals surface area contributed by atoms with Crippen LogP contribution < -0.4 is 0 Å². The molecule has 27 heavy (non-hydrogen) atoms. The van der Waals surface area contributed by atoms with Crippen LogP contribution in [0.3, 0.4) is 0 Å². The van der Waals surface area contributed by atoms with E-state index < -0.39 is 17.7 Å². The zero-order chi connectivity index (χ0) is 19.1. The Morgan fingerprint density at radius 2 is 2.15 bits per heavy atom. The van der Waals surface area contributed by atoms with Crippen molar-refractivity contribution in [2.75, 3.05) is 6.54 Å². The van der Waals surface area contributed by atoms with Crippen molar-refractivity contribution in [3.63, 3.8) is 0 Å². The number of rotatable bonds is 3. The number of carbonyl (C=O) groups excluding carboxylic acids is 1. The molecule has 0 saturated heterocycles. The summed E-state index contributed by atoms with van der Waals surface area (Å²) >= 11 is 0. The minimum Gasteiger partial charge on any atom is -0.382 e. The molecular formula is C19H20F2N4O2. The Hall–Kier alpha value is -2.77. The summed E-state index contributed by atoms with van der Waals surface area (Å²) in [5, 5.41) is 11.2. The van der Waals surface area contributed by atoms with Gasteiger partial charge >= 0.3 is 0 Å². The van der Waals surface area contributed by atoms with E-state index >= 15 is 0 Å². The maximum atomic E-state index is 13.6. The van der Waals surface area contributed by atoms with Gasteiger partial charge in [0.25, 0.3) is 5.91 Å². The van der Waals surface area contributed by atoms with E-state index in [4.69, 9.17) is 4.84 Å². The van der Waals surface area contributed by atoms with Crippen molar-refractivity contribution in [3.05, 3.63) is 41.1 Å². The number of amides is 1. The van der Waals surface area contributed by atoms with Gasteiger partial charge in [0.05, 0.1) is 11.4 Å². The van der Waals surface area contributed by atoms with Crippen molar-refractivity contribution >= 4 is 11.6 Å². The Kier molecular flexibility index (Phi) is 4.41. The van der Waals surface area contributed by atoms with Gasteiger partial charge in [0.2, 0.25) is 6.10 Å². The maximum Gasteiger partial charge on any atom is 0.267 e. The number of carbonyl (C=O) groups is 1. The summed E-state index contributed by atoms with van der Waals surface area (Å²) in [5.41, 5.74) is 3.63. The van der Waals surface area contributed by atoms with Crippen molar-refractivity contribution in [2.24, 2.45) is 11.1 Å². The molecule has 6 nitrogen and oxygen atoms in total. The third-order valence-electron chi connectivity index (χ3n) is 5.07. The van der Waals surface area contributed by atoms with Crippen molar-refractivity contribution in [2.45, 2.75) is 39.3 Å². The summed E-state index contributed by atoms with van der Waals surface area (Å²) < 4.78 is 26.8. The number of hydrogen-bond acceptors (Lipinski definition) is 4. The third kappa shape index (κ3) is 3.20. The van der Waals surface area contributed by atoms with Crippen LogP contribution in [-0.4, -0.2) is 39.4 Å². The van der Waals surface area contributed by atoms with E-state index in [-0.39, 0.29) is 11.8 Å². The molecular weight excluding hydrogens is 354 g/mol. The molecule has 2 aromatic rings. The van der Waals surface area contributed by atoms with Crippen LogP contribution in [0.2, 0.25) is 0 Å². The lowest BCUT2D eigenvalue weighted by atomic mass is 9.99. The van der Waals surface area contributed by atoms with Gasteiger partial charge in [-0.05, 0) is 24.1 Å². The monoisotopic (exact) mass is 374 g/mol. The SMILES string of the molecule is CC(C)C1=NO[C@H](C(=O)N2CCc3[nH]nc(-c4ccc(F)c(F)c4)c3C2)C1. The van der Waals surface area contributed by atoms with Crippen LogP contribution >= 0.6 is 0 Å². The van der Waals surface area contributed by atoms with Gasteiger partial charge in [-0.15, -0.1) is 0 Å². The van der Waals surface area contributed by atoms with E-state index in [9.17, 15) is 13.6 Å². The van der Waals surface area contributed by atoms with E-state index in [0.717, 1.165) is 29.1 Å². The highest BCUT2D eigenvalue weighted by atomic mass is 19.2. The second-order valence-electron chi connectivity index (χ2n) is 7.20. The zero-order valence-corrected chi connectivity index (χ0v) is 15.1. The lowest BCUT2D eigenvalue weighted by molar-refractivity contribution is -0.143. The first kappa shape index (κ1) is 17.6. The number of fused-ring (bicyclic) bond motifs is 1. The summed E-state index contributed by atoms with van der Waals surface area (Å²) in [5.74, 6) is -1.70. The zero-order valence-electron chi connectivity index (χ0n) is 15.1. The minimum atomic E-state index is -0.925. The van der Waals surface area contributed by atoms with Gasteiger partial charge in [-0.2, -0.15) is 5.10 Å². The maximum absolute atomic E-state index is 13.6. The average Bonchev–Trinajstić information content (AvgIpc) is 3.30. The number of oxime groups is 1. The van der Waals surface area contributed by atoms with Crippen LogP contribution in [0, 0.1) is 17.6 Å². The van der Waals surface area contributed by atoms with Crippen LogP contribution in [0.4, 0.5) is 8.78 Å². The highest BCUT2D eigenvalue weighted by Gasteiger charge is 2.35. The van der Waals surface area contributed by atoms with Crippen LogP contribution in [-0.2, 0) is 22.6 Å². The number of nitrogens with zero attached hydrogens (tertiary/aromatic N) is 3. The molecule has 0 saturated carbocycles. The van der Waals surface area contributed by atoms with E-state index in [1.807, 2.05) is 13.8 Å². The van der Waals surface area contributed by atoms with E-state index in [0.29, 0.717) is 37.2 Å². The number of hydrogen-bond donors (Lipinski definition) is 1. The Morgan fingerprint density at radius 3 is 2.85 bits per heavy atom. The van der Waals surface area contributed by atoms with Crippen molar-refractivity contribution in [3.8, 4) is 11.3 Å². The number of nitrogens with one attached hydrogen (secondary N) is 1. The standard InChI is InChI=1S/C19H20F2N4O2/c1-10(2)16-8-17(27-24-16)19(26)25-6-5-15-12(9-25)18(23-22-15)11-3-4-13(20)14(21)7-11/h3-4,7,10,17H,5-6,8-9H2,1-2H3,(H,22,23)/t17-/m0/s1. The van der Waals surface area contributed by atoms with Gasteiger partial charge in [-0.25, -0.2) is 8.78 Å². The second kappa shape index (κ2) is 6.75. The summed E-state index contributed by atoms with van der Waals surface area (Å²) in [6, 6.07) is 3.68. The summed E-state index contributed by atoms with van der Waals surface area (Å²) in [6.45, 7) is 4.92. The molecule has 8 heteroatoms. The molecule has 2 aliphatic rings. The average molecular weight is 374 g/mol. The molecule has 0 aliphatic carbocycles. The summed E-state index contributed by atoms with van der Waals surface area (Å²) in [7, 11) is 0. The highest BCUT2D eigenvalue weighted by molar-refractivity contribution is 5.94. The van der Waals surface area contributed by atoms with E-state index in [1.165, 1.54) is 6.07 Å². The topological polar surface area (TPSA) is 70.6 Å². The molecule has 0 radical (unpaired) electrons. The summed E-state index contributed by atoms with van der Waals surface area (Å²) in [4.78, 5) is 19.9. The molecule has 1 aromatic carbocycles. The predicted molar refractivity (Wildman–Crippen MR) is 94.8 cm³/mol. The molecule has 1 aromatic heterocycles. The first-order chi connectivity index (χ1) is 12.9.